The van der Waals surface area contributed by atoms with Gasteiger partial charge in [0, 0.05) is 6.54 Å². The number of nitrogens with zero attached hydrogens (tertiary/aromatic N) is 3. The highest BCUT2D eigenvalue weighted by Crippen LogP contribution is 2.23. The van der Waals surface area contributed by atoms with E-state index in [4.69, 9.17) is 4.98 Å². The van der Waals surface area contributed by atoms with Crippen LogP contribution in [0.5, 0.6) is 0 Å². The average molecular weight is 257 g/mol. The summed E-state index contributed by atoms with van der Waals surface area (Å²) >= 11 is 0. The number of para-hydroxylation sites is 2. The second-order valence-electron chi connectivity index (χ2n) is 5.10. The summed E-state index contributed by atoms with van der Waals surface area (Å²) < 4.78 is 0. The molecule has 0 amide bonds. The highest BCUT2D eigenvalue weighted by molar-refractivity contribution is 5.75. The van der Waals surface area contributed by atoms with Crippen LogP contribution in [0.25, 0.3) is 11.0 Å². The molecule has 4 nitrogen and oxygen atoms in total. The summed E-state index contributed by atoms with van der Waals surface area (Å²) in [6.07, 6.45) is 6.43. The van der Waals surface area contributed by atoms with Gasteiger partial charge in [0.15, 0.2) is 0 Å². The molecule has 0 bridgehead atoms. The minimum absolute atomic E-state index is 0.179. The fourth-order valence-electron chi connectivity index (χ4n) is 2.75. The van der Waals surface area contributed by atoms with Crippen molar-refractivity contribution in [2.45, 2.75) is 31.7 Å². The lowest BCUT2D eigenvalue weighted by Gasteiger charge is -2.29. The summed E-state index contributed by atoms with van der Waals surface area (Å²) in [6.45, 7) is 1.15. The third kappa shape index (κ3) is 2.54. The van der Waals surface area contributed by atoms with E-state index in [2.05, 4.69) is 9.88 Å². The Bertz CT molecular complexity index is 558. The molecule has 1 atom stereocenters. The summed E-state index contributed by atoms with van der Waals surface area (Å²) in [6, 6.07) is 8.08. The molecule has 1 N–H and O–H groups in total. The number of anilines is 1. The van der Waals surface area contributed by atoms with E-state index in [1.807, 2.05) is 30.5 Å². The Kier molecular flexibility index (Phi) is 3.60. The molecule has 100 valence electrons. The van der Waals surface area contributed by atoms with E-state index >= 15 is 0 Å². The van der Waals surface area contributed by atoms with Crippen LogP contribution in [-0.2, 0) is 0 Å². The summed E-state index contributed by atoms with van der Waals surface area (Å²) in [5.41, 5.74) is 1.84. The van der Waals surface area contributed by atoms with Crippen molar-refractivity contribution in [3.8, 4) is 0 Å². The number of aliphatic hydroxyl groups excluding tert-OH is 1. The Labute approximate surface area is 113 Å². The normalized spacial score (nSPS) is 20.5. The Morgan fingerprint density at radius 2 is 2.00 bits per heavy atom. The molecule has 2 aromatic rings. The lowest BCUT2D eigenvalue weighted by atomic mass is 10.1. The standard InChI is InChI=1S/C15H19N3O/c19-11-12-6-2-1-5-9-18(12)15-10-16-13-7-3-4-8-14(13)17-15/h3-4,7-8,10,12,19H,1-2,5-6,9,11H2. The zero-order valence-corrected chi connectivity index (χ0v) is 11.0. The first kappa shape index (κ1) is 12.4. The lowest BCUT2D eigenvalue weighted by molar-refractivity contribution is 0.254. The van der Waals surface area contributed by atoms with E-state index in [-0.39, 0.29) is 12.6 Å². The summed E-state index contributed by atoms with van der Waals surface area (Å²) in [4.78, 5) is 11.4. The van der Waals surface area contributed by atoms with Crippen LogP contribution in [0.3, 0.4) is 0 Å². The maximum absolute atomic E-state index is 9.57. The number of hydrogen-bond donors (Lipinski definition) is 1. The molecule has 1 unspecified atom stereocenters. The topological polar surface area (TPSA) is 49.2 Å². The summed E-state index contributed by atoms with van der Waals surface area (Å²) in [5.74, 6) is 0.889. The Balaban J connectivity index is 1.96. The van der Waals surface area contributed by atoms with Gasteiger partial charge in [0.05, 0.1) is 29.9 Å². The second-order valence-corrected chi connectivity index (χ2v) is 5.10. The van der Waals surface area contributed by atoms with Gasteiger partial charge in [0.25, 0.3) is 0 Å². The van der Waals surface area contributed by atoms with Gasteiger partial charge in [-0.05, 0) is 25.0 Å². The molecular weight excluding hydrogens is 238 g/mol. The Hall–Kier alpha value is -1.68. The van der Waals surface area contributed by atoms with Gasteiger partial charge in [0.1, 0.15) is 5.82 Å². The van der Waals surface area contributed by atoms with Gasteiger partial charge >= 0.3 is 0 Å². The highest BCUT2D eigenvalue weighted by Gasteiger charge is 2.21. The van der Waals surface area contributed by atoms with E-state index < -0.39 is 0 Å². The average Bonchev–Trinajstić information content (AvgIpc) is 2.72. The molecule has 1 aliphatic heterocycles. The largest absolute Gasteiger partial charge is 0.394 e. The smallest absolute Gasteiger partial charge is 0.148 e. The molecule has 1 aromatic carbocycles. The van der Waals surface area contributed by atoms with E-state index in [1.54, 1.807) is 0 Å². The molecule has 0 radical (unpaired) electrons. The van der Waals surface area contributed by atoms with Crippen molar-refractivity contribution in [3.63, 3.8) is 0 Å². The number of rotatable bonds is 2. The van der Waals surface area contributed by atoms with Gasteiger partial charge in [-0.1, -0.05) is 25.0 Å². The van der Waals surface area contributed by atoms with Crippen molar-refractivity contribution in [2.24, 2.45) is 0 Å². The molecule has 1 aromatic heterocycles. The molecule has 19 heavy (non-hydrogen) atoms. The predicted octanol–water partition coefficient (Wildman–Crippen LogP) is 2.37. The lowest BCUT2D eigenvalue weighted by Crippen LogP contribution is -2.38. The van der Waals surface area contributed by atoms with Crippen molar-refractivity contribution in [1.82, 2.24) is 9.97 Å². The van der Waals surface area contributed by atoms with Gasteiger partial charge < -0.3 is 10.0 Å². The van der Waals surface area contributed by atoms with Crippen molar-refractivity contribution in [3.05, 3.63) is 30.5 Å². The number of benzene rings is 1. The van der Waals surface area contributed by atoms with Crippen molar-refractivity contribution >= 4 is 16.9 Å². The van der Waals surface area contributed by atoms with E-state index in [0.29, 0.717) is 0 Å². The third-order valence-corrected chi connectivity index (χ3v) is 3.82. The number of aliphatic hydroxyl groups is 1. The first-order valence-electron chi connectivity index (χ1n) is 6.98. The second kappa shape index (κ2) is 5.53. The minimum Gasteiger partial charge on any atom is -0.394 e. The first-order chi connectivity index (χ1) is 9.38. The van der Waals surface area contributed by atoms with E-state index in [1.165, 1.54) is 12.8 Å². The molecule has 2 heterocycles. The predicted molar refractivity (Wildman–Crippen MR) is 76.2 cm³/mol. The van der Waals surface area contributed by atoms with Crippen LogP contribution in [0.1, 0.15) is 25.7 Å². The fourth-order valence-corrected chi connectivity index (χ4v) is 2.75. The fraction of sp³-hybridized carbons (Fsp3) is 0.467. The van der Waals surface area contributed by atoms with Crippen LogP contribution in [0.15, 0.2) is 30.5 Å². The van der Waals surface area contributed by atoms with Gasteiger partial charge in [-0.2, -0.15) is 0 Å². The molecule has 1 saturated heterocycles. The van der Waals surface area contributed by atoms with Crippen molar-refractivity contribution in [1.29, 1.82) is 0 Å². The summed E-state index contributed by atoms with van der Waals surface area (Å²) in [7, 11) is 0. The van der Waals surface area contributed by atoms with Crippen LogP contribution in [0.2, 0.25) is 0 Å². The van der Waals surface area contributed by atoms with Gasteiger partial charge in [0.2, 0.25) is 0 Å². The molecule has 0 saturated carbocycles. The molecule has 3 rings (SSSR count). The third-order valence-electron chi connectivity index (χ3n) is 3.82. The van der Waals surface area contributed by atoms with Crippen LogP contribution < -0.4 is 4.90 Å². The van der Waals surface area contributed by atoms with Crippen molar-refractivity contribution < 1.29 is 5.11 Å². The van der Waals surface area contributed by atoms with Crippen LogP contribution in [0, 0.1) is 0 Å². The number of fused-ring (bicyclic) bond motifs is 1. The van der Waals surface area contributed by atoms with Crippen LogP contribution >= 0.6 is 0 Å². The Morgan fingerprint density at radius 3 is 2.84 bits per heavy atom. The summed E-state index contributed by atoms with van der Waals surface area (Å²) in [5, 5.41) is 9.57. The zero-order chi connectivity index (χ0) is 13.1. The van der Waals surface area contributed by atoms with Gasteiger partial charge in [-0.15, -0.1) is 0 Å². The molecular formula is C15H19N3O. The monoisotopic (exact) mass is 257 g/mol. The van der Waals surface area contributed by atoms with Gasteiger partial charge in [-0.25, -0.2) is 4.98 Å². The molecule has 0 spiro atoms. The van der Waals surface area contributed by atoms with E-state index in [0.717, 1.165) is 36.2 Å². The highest BCUT2D eigenvalue weighted by atomic mass is 16.3. The Morgan fingerprint density at radius 1 is 1.16 bits per heavy atom. The van der Waals surface area contributed by atoms with Gasteiger partial charge in [-0.3, -0.25) is 4.98 Å². The van der Waals surface area contributed by atoms with Crippen molar-refractivity contribution in [2.75, 3.05) is 18.1 Å². The first-order valence-corrected chi connectivity index (χ1v) is 6.98. The molecule has 0 aliphatic carbocycles. The number of aromatic nitrogens is 2. The maximum Gasteiger partial charge on any atom is 0.148 e. The van der Waals surface area contributed by atoms with Crippen LogP contribution in [0.4, 0.5) is 5.82 Å². The number of hydrogen-bond acceptors (Lipinski definition) is 4. The minimum atomic E-state index is 0.179. The zero-order valence-electron chi connectivity index (χ0n) is 11.0. The van der Waals surface area contributed by atoms with E-state index in [9.17, 15) is 5.11 Å². The molecule has 1 fully saturated rings. The SMILES string of the molecule is OCC1CCCCCN1c1cnc2ccccc2n1. The molecule has 1 aliphatic rings. The maximum atomic E-state index is 9.57. The quantitative estimate of drug-likeness (QED) is 0.897. The van der Waals surface area contributed by atoms with Crippen LogP contribution in [-0.4, -0.2) is 34.3 Å². The molecule has 4 heteroatoms.